The molecular formula is C14H25N5O4S. The van der Waals surface area contributed by atoms with Crippen LogP contribution < -0.4 is 5.32 Å². The first kappa shape index (κ1) is 17.6. The highest BCUT2D eigenvalue weighted by molar-refractivity contribution is 8.00. The molecule has 2 N–H and O–H groups in total. The molecule has 0 aromatic heterocycles. The molecule has 0 spiro atoms. The summed E-state index contributed by atoms with van der Waals surface area (Å²) in [4.78, 5) is 16.4. The van der Waals surface area contributed by atoms with Crippen molar-refractivity contribution in [3.05, 3.63) is 0 Å². The van der Waals surface area contributed by atoms with E-state index in [2.05, 4.69) is 17.3 Å². The average Bonchev–Trinajstić information content (AvgIpc) is 2.81. The van der Waals surface area contributed by atoms with Crippen LogP contribution in [0.1, 0.15) is 25.7 Å². The largest absolute Gasteiger partial charge is 0.345 e. The number of likely N-dealkylation sites (tertiary alicyclic amines) is 1. The molecule has 2 bridgehead atoms. The van der Waals surface area contributed by atoms with Crippen LogP contribution >= 0.6 is 0 Å². The monoisotopic (exact) mass is 359 g/mol. The van der Waals surface area contributed by atoms with Gasteiger partial charge in [0.1, 0.15) is 5.55 Å². The molecule has 0 aromatic carbocycles. The lowest BCUT2D eigenvalue weighted by Gasteiger charge is -2.34. The highest BCUT2D eigenvalue weighted by atomic mass is 32.2. The van der Waals surface area contributed by atoms with E-state index in [1.807, 2.05) is 0 Å². The lowest BCUT2D eigenvalue weighted by atomic mass is 9.99. The zero-order valence-corrected chi connectivity index (χ0v) is 14.7. The van der Waals surface area contributed by atoms with Crippen LogP contribution in [0, 0.1) is 5.41 Å². The molecule has 0 aromatic rings. The second-order valence-electron chi connectivity index (χ2n) is 6.82. The van der Waals surface area contributed by atoms with E-state index in [4.69, 9.17) is 9.69 Å². The number of nitrogens with one attached hydrogen (secondary N) is 2. The molecule has 0 unspecified atom stereocenters. The Morgan fingerprint density at radius 3 is 2.67 bits per heavy atom. The zero-order chi connectivity index (χ0) is 17.3. The maximum atomic E-state index is 12.4. The summed E-state index contributed by atoms with van der Waals surface area (Å²) in [6.07, 6.45) is 3.73. The zero-order valence-electron chi connectivity index (χ0n) is 13.8. The van der Waals surface area contributed by atoms with Gasteiger partial charge >= 0.3 is 16.1 Å². The quantitative estimate of drug-likeness (QED) is 0.503. The van der Waals surface area contributed by atoms with Crippen LogP contribution in [-0.4, -0.2) is 86.2 Å². The van der Waals surface area contributed by atoms with Crippen LogP contribution in [0.2, 0.25) is 0 Å². The van der Waals surface area contributed by atoms with E-state index >= 15 is 0 Å². The van der Waals surface area contributed by atoms with Gasteiger partial charge in [-0.25, -0.2) is 4.79 Å². The summed E-state index contributed by atoms with van der Waals surface area (Å²) in [6.45, 7) is 3.36. The fraction of sp³-hybridized carbons (Fsp3) is 0.857. The lowest BCUT2D eigenvalue weighted by Crippen LogP contribution is -2.49. The summed E-state index contributed by atoms with van der Waals surface area (Å²) in [6, 6.07) is -0.142. The molecule has 2 atom stereocenters. The maximum absolute atomic E-state index is 12.4. The fourth-order valence-electron chi connectivity index (χ4n) is 3.67. The Hall–Kier alpha value is -1.23. The molecule has 136 valence electrons. The van der Waals surface area contributed by atoms with Crippen molar-refractivity contribution in [1.82, 2.24) is 20.2 Å². The van der Waals surface area contributed by atoms with Gasteiger partial charge in [-0.1, -0.05) is 0 Å². The van der Waals surface area contributed by atoms with Crippen LogP contribution in [0.25, 0.3) is 0 Å². The summed E-state index contributed by atoms with van der Waals surface area (Å²) in [5, 5.41) is 11.3. The Balaban J connectivity index is 1.55. The SMILES string of the molecule is CN1CCC(NC[C@@H]2CC[C@@H]3CN2C(=O)N3OS(=O)(=O)C=N)CC1. The van der Waals surface area contributed by atoms with E-state index in [0.29, 0.717) is 19.0 Å². The molecule has 9 nitrogen and oxygen atoms in total. The summed E-state index contributed by atoms with van der Waals surface area (Å²) in [5.41, 5.74) is 0.219. The first-order chi connectivity index (χ1) is 11.4. The van der Waals surface area contributed by atoms with E-state index in [9.17, 15) is 13.2 Å². The predicted octanol–water partition coefficient (Wildman–Crippen LogP) is -0.193. The Labute approximate surface area is 142 Å². The topological polar surface area (TPSA) is 106 Å². The van der Waals surface area contributed by atoms with Crippen molar-refractivity contribution in [2.45, 2.75) is 43.8 Å². The summed E-state index contributed by atoms with van der Waals surface area (Å²) >= 11 is 0. The number of nitrogens with zero attached hydrogens (tertiary/aromatic N) is 3. The standard InChI is InChI=1S/C14H25N5O4S/c1-17-6-4-11(5-7-17)16-8-12-2-3-13-9-18(12)14(20)19(13)23-24(21,22)10-15/h10-13,15-16H,2-9H2,1H3/t12-,13+/m0/s1. The fourth-order valence-corrected chi connectivity index (χ4v) is 4.12. The molecule has 10 heteroatoms. The van der Waals surface area contributed by atoms with Crippen molar-refractivity contribution in [3.63, 3.8) is 0 Å². The van der Waals surface area contributed by atoms with Gasteiger partial charge in [-0.3, -0.25) is 5.41 Å². The van der Waals surface area contributed by atoms with E-state index in [1.54, 1.807) is 4.90 Å². The van der Waals surface area contributed by atoms with Gasteiger partial charge < -0.3 is 15.1 Å². The number of urea groups is 1. The number of hydrogen-bond acceptors (Lipinski definition) is 7. The van der Waals surface area contributed by atoms with Gasteiger partial charge in [0.2, 0.25) is 0 Å². The molecule has 3 aliphatic rings. The third-order valence-corrected chi connectivity index (χ3v) is 5.79. The van der Waals surface area contributed by atoms with Crippen molar-refractivity contribution in [2.75, 3.05) is 33.2 Å². The molecule has 3 aliphatic heterocycles. The number of fused-ring (bicyclic) bond motifs is 2. The molecular weight excluding hydrogens is 334 g/mol. The van der Waals surface area contributed by atoms with Gasteiger partial charge in [0.05, 0.1) is 6.04 Å². The van der Waals surface area contributed by atoms with Crippen LogP contribution in [0.15, 0.2) is 0 Å². The van der Waals surface area contributed by atoms with Crippen molar-refractivity contribution in [3.8, 4) is 0 Å². The highest BCUT2D eigenvalue weighted by Crippen LogP contribution is 2.30. The number of amides is 2. The van der Waals surface area contributed by atoms with Crippen LogP contribution in [-0.2, 0) is 14.4 Å². The number of piperidine rings is 2. The van der Waals surface area contributed by atoms with E-state index < -0.39 is 16.1 Å². The summed E-state index contributed by atoms with van der Waals surface area (Å²) < 4.78 is 27.6. The predicted molar refractivity (Wildman–Crippen MR) is 88.1 cm³/mol. The van der Waals surface area contributed by atoms with Crippen molar-refractivity contribution < 1.29 is 17.5 Å². The molecule has 24 heavy (non-hydrogen) atoms. The van der Waals surface area contributed by atoms with Crippen LogP contribution in [0.5, 0.6) is 0 Å². The third kappa shape index (κ3) is 3.71. The Morgan fingerprint density at radius 1 is 1.29 bits per heavy atom. The summed E-state index contributed by atoms with van der Waals surface area (Å²) in [5.74, 6) is 0. The van der Waals surface area contributed by atoms with Gasteiger partial charge in [0.15, 0.2) is 0 Å². The van der Waals surface area contributed by atoms with E-state index in [1.165, 1.54) is 0 Å². The van der Waals surface area contributed by atoms with Crippen molar-refractivity contribution >= 4 is 21.7 Å². The summed E-state index contributed by atoms with van der Waals surface area (Å²) in [7, 11) is -2.00. The van der Waals surface area contributed by atoms with Crippen LogP contribution in [0.3, 0.4) is 0 Å². The van der Waals surface area contributed by atoms with E-state index in [-0.39, 0.29) is 17.6 Å². The van der Waals surface area contributed by atoms with Gasteiger partial charge in [-0.2, -0.15) is 13.5 Å². The molecule has 0 saturated carbocycles. The molecule has 0 radical (unpaired) electrons. The first-order valence-corrected chi connectivity index (χ1v) is 9.83. The molecule has 3 saturated heterocycles. The Bertz CT molecular complexity index is 590. The van der Waals surface area contributed by atoms with Gasteiger partial charge in [-0.15, -0.1) is 4.28 Å². The first-order valence-electron chi connectivity index (χ1n) is 8.36. The Morgan fingerprint density at radius 2 is 2.00 bits per heavy atom. The molecule has 3 rings (SSSR count). The second-order valence-corrected chi connectivity index (χ2v) is 8.19. The van der Waals surface area contributed by atoms with Gasteiger partial charge in [-0.05, 0) is 45.8 Å². The van der Waals surface area contributed by atoms with Crippen molar-refractivity contribution in [1.29, 1.82) is 5.41 Å². The normalized spacial score (nSPS) is 29.3. The number of hydrogen-bond donors (Lipinski definition) is 2. The third-order valence-electron chi connectivity index (χ3n) is 5.14. The average molecular weight is 359 g/mol. The maximum Gasteiger partial charge on any atom is 0.345 e. The number of carbonyl (C=O) groups is 1. The van der Waals surface area contributed by atoms with Crippen molar-refractivity contribution in [2.24, 2.45) is 0 Å². The highest BCUT2D eigenvalue weighted by Gasteiger charge is 2.47. The van der Waals surface area contributed by atoms with Gasteiger partial charge in [0.25, 0.3) is 0 Å². The minimum absolute atomic E-state index is 0.0599. The minimum atomic E-state index is -4.13. The molecule has 3 fully saturated rings. The molecule has 3 heterocycles. The minimum Gasteiger partial charge on any atom is -0.316 e. The smallest absolute Gasteiger partial charge is 0.316 e. The van der Waals surface area contributed by atoms with Gasteiger partial charge in [0, 0.05) is 25.2 Å². The number of carbonyl (C=O) groups excluding carboxylic acids is 1. The second kappa shape index (κ2) is 6.95. The molecule has 2 amide bonds. The number of hydroxylamine groups is 2. The van der Waals surface area contributed by atoms with E-state index in [0.717, 1.165) is 44.0 Å². The van der Waals surface area contributed by atoms with Crippen LogP contribution in [0.4, 0.5) is 4.79 Å². The molecule has 0 aliphatic carbocycles. The lowest BCUT2D eigenvalue weighted by molar-refractivity contribution is -0.0189. The number of rotatable bonds is 6. The Kier molecular flexibility index (Phi) is 5.09.